The molecule has 1 atom stereocenters. The fourth-order valence-corrected chi connectivity index (χ4v) is 7.40. The van der Waals surface area contributed by atoms with Crippen LogP contribution in [0.4, 0.5) is 0 Å². The molecule has 0 aliphatic carbocycles. The summed E-state index contributed by atoms with van der Waals surface area (Å²) < 4.78 is 16.7. The Morgan fingerprint density at radius 1 is 0.339 bits per heavy atom. The first-order chi connectivity index (χ1) is 30.5. The van der Waals surface area contributed by atoms with E-state index in [1.807, 2.05) is 6.08 Å². The smallest absolute Gasteiger partial charge is 0.310 e. The van der Waals surface area contributed by atoms with Crippen LogP contribution in [0, 0.1) is 0 Å². The zero-order valence-electron chi connectivity index (χ0n) is 40.9. The summed E-state index contributed by atoms with van der Waals surface area (Å²) in [5, 5.41) is 0. The van der Waals surface area contributed by atoms with E-state index in [4.69, 9.17) is 14.2 Å². The molecule has 358 valence electrons. The highest BCUT2D eigenvalue weighted by Crippen LogP contribution is 2.16. The third kappa shape index (κ3) is 48.1. The van der Waals surface area contributed by atoms with Crippen molar-refractivity contribution in [2.45, 2.75) is 264 Å². The molecule has 0 aromatic heterocycles. The van der Waals surface area contributed by atoms with Crippen LogP contribution in [0.5, 0.6) is 0 Å². The van der Waals surface area contributed by atoms with Gasteiger partial charge in [-0.25, -0.2) is 0 Å². The molecule has 0 aromatic carbocycles. The van der Waals surface area contributed by atoms with Crippen molar-refractivity contribution in [1.29, 1.82) is 0 Å². The first-order valence-corrected chi connectivity index (χ1v) is 26.3. The van der Waals surface area contributed by atoms with Crippen LogP contribution in [0.3, 0.4) is 0 Å². The zero-order valence-corrected chi connectivity index (χ0v) is 40.9. The van der Waals surface area contributed by atoms with Gasteiger partial charge in [-0.2, -0.15) is 0 Å². The molecule has 0 radical (unpaired) electrons. The Labute approximate surface area is 383 Å². The summed E-state index contributed by atoms with van der Waals surface area (Å²) in [5.74, 6) is -1.03. The van der Waals surface area contributed by atoms with Crippen LogP contribution < -0.4 is 0 Å². The van der Waals surface area contributed by atoms with Gasteiger partial charge < -0.3 is 14.2 Å². The van der Waals surface area contributed by atoms with E-state index in [-0.39, 0.29) is 31.6 Å². The van der Waals surface area contributed by atoms with Gasteiger partial charge in [-0.1, -0.05) is 255 Å². The van der Waals surface area contributed by atoms with E-state index in [0.29, 0.717) is 12.8 Å². The predicted octanol–water partition coefficient (Wildman–Crippen LogP) is 17.3. The minimum Gasteiger partial charge on any atom is -0.462 e. The Morgan fingerprint density at radius 3 is 0.919 bits per heavy atom. The highest BCUT2D eigenvalue weighted by Gasteiger charge is 2.19. The van der Waals surface area contributed by atoms with Crippen molar-refractivity contribution >= 4 is 17.9 Å². The first-order valence-electron chi connectivity index (χ1n) is 26.3. The molecule has 6 heteroatoms. The van der Waals surface area contributed by atoms with Crippen molar-refractivity contribution < 1.29 is 28.6 Å². The molecule has 0 spiro atoms. The Balaban J connectivity index is 4.42. The topological polar surface area (TPSA) is 78.9 Å². The van der Waals surface area contributed by atoms with E-state index in [9.17, 15) is 14.4 Å². The second-order valence-electron chi connectivity index (χ2n) is 17.4. The molecule has 0 saturated heterocycles. The van der Waals surface area contributed by atoms with E-state index in [1.165, 1.54) is 148 Å². The monoisotopic (exact) mass is 867 g/mol. The van der Waals surface area contributed by atoms with Crippen LogP contribution in [0.15, 0.2) is 60.8 Å². The number of unbranched alkanes of at least 4 members (excludes halogenated alkanes) is 27. The van der Waals surface area contributed by atoms with Gasteiger partial charge in [0.05, 0.1) is 6.42 Å². The molecule has 0 bridgehead atoms. The van der Waals surface area contributed by atoms with Crippen LogP contribution in [0.1, 0.15) is 258 Å². The fraction of sp³-hybridized carbons (Fsp3) is 0.768. The number of hydrogen-bond donors (Lipinski definition) is 0. The van der Waals surface area contributed by atoms with Gasteiger partial charge in [-0.15, -0.1) is 0 Å². The molecule has 0 fully saturated rings. The van der Waals surface area contributed by atoms with Crippen LogP contribution >= 0.6 is 0 Å². The van der Waals surface area contributed by atoms with Gasteiger partial charge in [-0.3, -0.25) is 14.4 Å². The number of hydrogen-bond acceptors (Lipinski definition) is 6. The van der Waals surface area contributed by atoms with Gasteiger partial charge in [0.15, 0.2) is 6.10 Å². The Kier molecular flexibility index (Phi) is 48.4. The molecule has 0 amide bonds. The second-order valence-corrected chi connectivity index (χ2v) is 17.4. The number of ether oxygens (including phenoxy) is 3. The summed E-state index contributed by atoms with van der Waals surface area (Å²) in [4.78, 5) is 37.9. The van der Waals surface area contributed by atoms with Crippen molar-refractivity contribution in [1.82, 2.24) is 0 Å². The molecule has 62 heavy (non-hydrogen) atoms. The molecule has 1 unspecified atom stereocenters. The average Bonchev–Trinajstić information content (AvgIpc) is 3.27. The number of esters is 3. The summed E-state index contributed by atoms with van der Waals surface area (Å²) in [7, 11) is 0. The molecule has 0 rings (SSSR count). The van der Waals surface area contributed by atoms with Crippen LogP contribution in [0.25, 0.3) is 0 Å². The number of carbonyl (C=O) groups excluding carboxylic acids is 3. The molecule has 6 nitrogen and oxygen atoms in total. The number of carbonyl (C=O) groups is 3. The van der Waals surface area contributed by atoms with Gasteiger partial charge in [0.25, 0.3) is 0 Å². The van der Waals surface area contributed by atoms with E-state index < -0.39 is 12.1 Å². The molecular formula is C56H98O6. The minimum atomic E-state index is -0.823. The highest BCUT2D eigenvalue weighted by atomic mass is 16.6. The van der Waals surface area contributed by atoms with Crippen molar-refractivity contribution in [3.63, 3.8) is 0 Å². The van der Waals surface area contributed by atoms with Gasteiger partial charge in [-0.05, 0) is 44.9 Å². The predicted molar refractivity (Wildman–Crippen MR) is 265 cm³/mol. The molecule has 0 aliphatic heterocycles. The lowest BCUT2D eigenvalue weighted by Gasteiger charge is -2.18. The minimum absolute atomic E-state index is 0.101. The largest absolute Gasteiger partial charge is 0.462 e. The van der Waals surface area contributed by atoms with E-state index >= 15 is 0 Å². The SMILES string of the molecule is CC/C=C\C/C=C\C/C=C\C/C=C\C/C=C\CC(=O)OC(COC(=O)CCCCCCCCCCCCC)COC(=O)CCCCCCCCCCCCCCCCCCCC. The zero-order chi connectivity index (χ0) is 45.1. The van der Waals surface area contributed by atoms with Crippen molar-refractivity contribution in [2.75, 3.05) is 13.2 Å². The standard InChI is InChI=1S/C56H98O6/c1-4-7-10-13-16-19-22-24-26-27-28-30-31-34-37-40-43-46-49-55(58)61-52-53(51-60-54(57)48-45-42-39-36-33-21-18-15-12-9-6-3)62-56(59)50-47-44-41-38-35-32-29-25-23-20-17-14-11-8-5-2/h8,11,17,20,25,29,35,38,44,47,53H,4-7,9-10,12-16,18-19,21-24,26-28,30-34,36-37,39-43,45-46,48-52H2,1-3H3/b11-8-,20-17-,29-25-,38-35-,47-44-. The van der Waals surface area contributed by atoms with E-state index in [2.05, 4.69) is 69.4 Å². The highest BCUT2D eigenvalue weighted by molar-refractivity contribution is 5.72. The Bertz CT molecular complexity index is 1130. The van der Waals surface area contributed by atoms with Crippen molar-refractivity contribution in [3.05, 3.63) is 60.8 Å². The number of allylic oxidation sites excluding steroid dienone is 9. The van der Waals surface area contributed by atoms with Gasteiger partial charge in [0.2, 0.25) is 0 Å². The maximum absolute atomic E-state index is 12.7. The summed E-state index contributed by atoms with van der Waals surface area (Å²) in [6.07, 6.45) is 62.3. The normalized spacial score (nSPS) is 12.5. The molecule has 0 aromatic rings. The van der Waals surface area contributed by atoms with Gasteiger partial charge >= 0.3 is 17.9 Å². The quantitative estimate of drug-likeness (QED) is 0.0262. The van der Waals surface area contributed by atoms with Gasteiger partial charge in [0.1, 0.15) is 13.2 Å². The lowest BCUT2D eigenvalue weighted by molar-refractivity contribution is -0.166. The lowest BCUT2D eigenvalue weighted by Crippen LogP contribution is -2.30. The Morgan fingerprint density at radius 2 is 0.613 bits per heavy atom. The molecule has 0 N–H and O–H groups in total. The molecule has 0 aliphatic rings. The van der Waals surface area contributed by atoms with Crippen molar-refractivity contribution in [3.8, 4) is 0 Å². The van der Waals surface area contributed by atoms with Gasteiger partial charge in [0, 0.05) is 12.8 Å². The van der Waals surface area contributed by atoms with Crippen LogP contribution in [0.2, 0.25) is 0 Å². The van der Waals surface area contributed by atoms with E-state index in [1.54, 1.807) is 6.08 Å². The average molecular weight is 867 g/mol. The summed E-state index contributed by atoms with van der Waals surface area (Å²) >= 11 is 0. The lowest BCUT2D eigenvalue weighted by atomic mass is 10.0. The van der Waals surface area contributed by atoms with E-state index in [0.717, 1.165) is 70.6 Å². The fourth-order valence-electron chi connectivity index (χ4n) is 7.40. The van der Waals surface area contributed by atoms with Crippen LogP contribution in [-0.4, -0.2) is 37.2 Å². The molecule has 0 heterocycles. The molecular weight excluding hydrogens is 769 g/mol. The third-order valence-electron chi connectivity index (χ3n) is 11.3. The second kappa shape index (κ2) is 50.8. The summed E-state index contributed by atoms with van der Waals surface area (Å²) in [6, 6.07) is 0. The Hall–Kier alpha value is -2.89. The van der Waals surface area contributed by atoms with Crippen molar-refractivity contribution in [2.24, 2.45) is 0 Å². The maximum Gasteiger partial charge on any atom is 0.310 e. The number of rotatable bonds is 47. The first kappa shape index (κ1) is 59.1. The third-order valence-corrected chi connectivity index (χ3v) is 11.3. The maximum atomic E-state index is 12.7. The summed E-state index contributed by atoms with van der Waals surface area (Å²) in [6.45, 7) is 6.45. The summed E-state index contributed by atoms with van der Waals surface area (Å²) in [5.41, 5.74) is 0. The van der Waals surface area contributed by atoms with Crippen LogP contribution in [-0.2, 0) is 28.6 Å². The molecule has 0 saturated carbocycles.